The molecule has 7 nitrogen and oxygen atoms in total. The van der Waals surface area contributed by atoms with Crippen LogP contribution in [0.3, 0.4) is 0 Å². The molecule has 27 heavy (non-hydrogen) atoms. The van der Waals surface area contributed by atoms with Crippen molar-refractivity contribution in [2.45, 2.75) is 31.8 Å². The van der Waals surface area contributed by atoms with E-state index in [1.54, 1.807) is 7.11 Å². The number of amides is 1. The maximum atomic E-state index is 12.7. The average Bonchev–Trinajstić information content (AvgIpc) is 2.72. The number of methoxy groups -OCH3 is 2. The Morgan fingerprint density at radius 1 is 1.19 bits per heavy atom. The molecule has 0 aromatic heterocycles. The number of esters is 1. The number of ether oxygens (including phenoxy) is 3. The largest absolute Gasteiger partial charge is 0.494 e. The summed E-state index contributed by atoms with van der Waals surface area (Å²) < 4.78 is 15.9. The van der Waals surface area contributed by atoms with Gasteiger partial charge in [0.15, 0.2) is 0 Å². The van der Waals surface area contributed by atoms with Gasteiger partial charge in [-0.2, -0.15) is 0 Å². The number of carbonyl (C=O) groups is 2. The van der Waals surface area contributed by atoms with Crippen LogP contribution in [-0.2, 0) is 25.5 Å². The Morgan fingerprint density at radius 2 is 1.85 bits per heavy atom. The molecule has 1 heterocycles. The van der Waals surface area contributed by atoms with E-state index in [9.17, 15) is 9.59 Å². The molecule has 1 saturated heterocycles. The zero-order valence-electron chi connectivity index (χ0n) is 16.4. The van der Waals surface area contributed by atoms with Crippen molar-refractivity contribution in [1.29, 1.82) is 0 Å². The summed E-state index contributed by atoms with van der Waals surface area (Å²) in [6, 6.07) is 7.60. The molecule has 1 aliphatic rings. The van der Waals surface area contributed by atoms with Crippen LogP contribution in [0.1, 0.15) is 25.3 Å². The van der Waals surface area contributed by atoms with E-state index in [1.807, 2.05) is 31.2 Å². The minimum absolute atomic E-state index is 0.174. The fourth-order valence-electron chi connectivity index (χ4n) is 3.31. The van der Waals surface area contributed by atoms with E-state index in [0.717, 1.165) is 24.4 Å². The summed E-state index contributed by atoms with van der Waals surface area (Å²) in [5.74, 6) is -0.197. The lowest BCUT2D eigenvalue weighted by Gasteiger charge is -2.35. The van der Waals surface area contributed by atoms with Crippen LogP contribution in [-0.4, -0.2) is 57.9 Å². The van der Waals surface area contributed by atoms with Gasteiger partial charge in [0.1, 0.15) is 11.4 Å². The van der Waals surface area contributed by atoms with E-state index in [0.29, 0.717) is 25.9 Å². The van der Waals surface area contributed by atoms with Crippen molar-refractivity contribution < 1.29 is 23.8 Å². The third-order valence-electron chi connectivity index (χ3n) is 4.98. The Labute approximate surface area is 160 Å². The summed E-state index contributed by atoms with van der Waals surface area (Å²) in [6.45, 7) is 4.20. The van der Waals surface area contributed by atoms with Crippen LogP contribution < -0.4 is 15.4 Å². The van der Waals surface area contributed by atoms with Crippen LogP contribution in [0.25, 0.3) is 0 Å². The lowest BCUT2D eigenvalue weighted by atomic mass is 9.90. The Bertz CT molecular complexity index is 611. The van der Waals surface area contributed by atoms with Crippen molar-refractivity contribution in [1.82, 2.24) is 10.6 Å². The third-order valence-corrected chi connectivity index (χ3v) is 4.98. The highest BCUT2D eigenvalue weighted by molar-refractivity contribution is 5.86. The minimum Gasteiger partial charge on any atom is -0.494 e. The van der Waals surface area contributed by atoms with Gasteiger partial charge in [-0.25, -0.2) is 0 Å². The van der Waals surface area contributed by atoms with Crippen molar-refractivity contribution in [2.75, 3.05) is 40.5 Å². The topological polar surface area (TPSA) is 85.9 Å². The molecular weight excluding hydrogens is 348 g/mol. The summed E-state index contributed by atoms with van der Waals surface area (Å²) >= 11 is 0. The zero-order chi connectivity index (χ0) is 19.7. The maximum absolute atomic E-state index is 12.7. The van der Waals surface area contributed by atoms with E-state index >= 15 is 0 Å². The molecule has 0 saturated carbocycles. The molecule has 1 unspecified atom stereocenters. The van der Waals surface area contributed by atoms with Crippen molar-refractivity contribution >= 4 is 11.9 Å². The summed E-state index contributed by atoms with van der Waals surface area (Å²) in [5.41, 5.74) is 0.150. The first-order chi connectivity index (χ1) is 13.0. The van der Waals surface area contributed by atoms with Crippen LogP contribution in [0, 0.1) is 5.92 Å². The fraction of sp³-hybridized carbons (Fsp3) is 0.600. The Kier molecular flexibility index (Phi) is 8.06. The molecule has 2 N–H and O–H groups in total. The molecule has 150 valence electrons. The van der Waals surface area contributed by atoms with E-state index in [-0.39, 0.29) is 18.4 Å². The smallest absolute Gasteiger partial charge is 0.310 e. The van der Waals surface area contributed by atoms with Gasteiger partial charge in [-0.3, -0.25) is 9.59 Å². The SMILES string of the molecule is CCOc1ccc(CC(CNC(=O)C2(OC)CCNCC2)C(=O)OC)cc1. The van der Waals surface area contributed by atoms with Crippen molar-refractivity contribution in [3.63, 3.8) is 0 Å². The van der Waals surface area contributed by atoms with Crippen molar-refractivity contribution in [2.24, 2.45) is 5.92 Å². The van der Waals surface area contributed by atoms with Gasteiger partial charge in [0.25, 0.3) is 5.91 Å². The predicted octanol–water partition coefficient (Wildman–Crippen LogP) is 1.30. The summed E-state index contributed by atoms with van der Waals surface area (Å²) in [7, 11) is 2.92. The number of carbonyl (C=O) groups excluding carboxylic acids is 2. The van der Waals surface area contributed by atoms with E-state index < -0.39 is 11.5 Å². The standard InChI is InChI=1S/C20H30N2O5/c1-4-27-17-7-5-15(6-8-17)13-16(18(23)25-2)14-22-19(24)20(26-3)9-11-21-12-10-20/h5-8,16,21H,4,9-14H2,1-3H3,(H,22,24). The van der Waals surface area contributed by atoms with Gasteiger partial charge in [0.2, 0.25) is 0 Å². The lowest BCUT2D eigenvalue weighted by Crippen LogP contribution is -2.55. The zero-order valence-corrected chi connectivity index (χ0v) is 16.4. The highest BCUT2D eigenvalue weighted by Crippen LogP contribution is 2.23. The van der Waals surface area contributed by atoms with Crippen molar-refractivity contribution in [3.05, 3.63) is 29.8 Å². The number of hydrogen-bond acceptors (Lipinski definition) is 6. The van der Waals surface area contributed by atoms with Crippen LogP contribution in [0.2, 0.25) is 0 Å². The first kappa shape index (κ1) is 21.2. The van der Waals surface area contributed by atoms with E-state index in [4.69, 9.17) is 14.2 Å². The summed E-state index contributed by atoms with van der Waals surface area (Å²) in [4.78, 5) is 24.9. The van der Waals surface area contributed by atoms with E-state index in [2.05, 4.69) is 10.6 Å². The monoisotopic (exact) mass is 378 g/mol. The maximum Gasteiger partial charge on any atom is 0.310 e. The molecule has 1 aromatic carbocycles. The highest BCUT2D eigenvalue weighted by Gasteiger charge is 2.40. The highest BCUT2D eigenvalue weighted by atomic mass is 16.5. The Hall–Kier alpha value is -2.12. The van der Waals surface area contributed by atoms with Gasteiger partial charge in [0, 0.05) is 13.7 Å². The molecular formula is C20H30N2O5. The fourth-order valence-corrected chi connectivity index (χ4v) is 3.31. The number of nitrogens with one attached hydrogen (secondary N) is 2. The molecule has 1 aromatic rings. The van der Waals surface area contributed by atoms with Crippen LogP contribution in [0.5, 0.6) is 5.75 Å². The van der Waals surface area contributed by atoms with Gasteiger partial charge in [-0.1, -0.05) is 12.1 Å². The van der Waals surface area contributed by atoms with Gasteiger partial charge in [-0.15, -0.1) is 0 Å². The van der Waals surface area contributed by atoms with Crippen LogP contribution in [0.4, 0.5) is 0 Å². The van der Waals surface area contributed by atoms with E-state index in [1.165, 1.54) is 7.11 Å². The molecule has 0 spiro atoms. The third kappa shape index (κ3) is 5.68. The second kappa shape index (κ2) is 10.3. The number of piperidine rings is 1. The molecule has 1 atom stereocenters. The van der Waals surface area contributed by atoms with Gasteiger partial charge in [-0.05, 0) is 57.0 Å². The van der Waals surface area contributed by atoms with Gasteiger partial charge in [0.05, 0.1) is 19.6 Å². The molecule has 1 aliphatic heterocycles. The second-order valence-corrected chi connectivity index (χ2v) is 6.66. The molecule has 2 rings (SSSR count). The number of hydrogen-bond donors (Lipinski definition) is 2. The minimum atomic E-state index is -0.828. The summed E-state index contributed by atoms with van der Waals surface area (Å²) in [5, 5.41) is 6.12. The normalized spacial score (nSPS) is 17.0. The van der Waals surface area contributed by atoms with Crippen molar-refractivity contribution in [3.8, 4) is 5.75 Å². The predicted molar refractivity (Wildman–Crippen MR) is 102 cm³/mol. The van der Waals surface area contributed by atoms with Gasteiger partial charge < -0.3 is 24.8 Å². The second-order valence-electron chi connectivity index (χ2n) is 6.66. The number of benzene rings is 1. The molecule has 0 bridgehead atoms. The summed E-state index contributed by atoms with van der Waals surface area (Å²) in [6.07, 6.45) is 1.69. The lowest BCUT2D eigenvalue weighted by molar-refractivity contribution is -0.149. The van der Waals surface area contributed by atoms with Crippen LogP contribution >= 0.6 is 0 Å². The average molecular weight is 378 g/mol. The molecule has 7 heteroatoms. The Balaban J connectivity index is 1.99. The molecule has 0 radical (unpaired) electrons. The quantitative estimate of drug-likeness (QED) is 0.630. The molecule has 0 aliphatic carbocycles. The van der Waals surface area contributed by atoms with Gasteiger partial charge >= 0.3 is 5.97 Å². The molecule has 1 fully saturated rings. The first-order valence-corrected chi connectivity index (χ1v) is 9.38. The van der Waals surface area contributed by atoms with Crippen LogP contribution in [0.15, 0.2) is 24.3 Å². The number of rotatable bonds is 9. The first-order valence-electron chi connectivity index (χ1n) is 9.38. The Morgan fingerprint density at radius 3 is 2.41 bits per heavy atom. The molecule has 1 amide bonds.